The summed E-state index contributed by atoms with van der Waals surface area (Å²) in [5.41, 5.74) is 8.62. The van der Waals surface area contributed by atoms with Gasteiger partial charge in [0.2, 0.25) is 0 Å². The molecule has 0 radical (unpaired) electrons. The molecule has 1 aromatic heterocycles. The van der Waals surface area contributed by atoms with E-state index >= 15 is 0 Å². The summed E-state index contributed by atoms with van der Waals surface area (Å²) in [4.78, 5) is 8.98. The minimum atomic E-state index is 0.395. The molecule has 106 valence electrons. The summed E-state index contributed by atoms with van der Waals surface area (Å²) >= 11 is 0. The first-order valence-electron chi connectivity index (χ1n) is 7.08. The number of benzene rings is 3. The summed E-state index contributed by atoms with van der Waals surface area (Å²) in [6.45, 7) is 0. The van der Waals surface area contributed by atoms with Crippen molar-refractivity contribution in [2.45, 2.75) is 0 Å². The van der Waals surface area contributed by atoms with E-state index in [0.29, 0.717) is 11.6 Å². The van der Waals surface area contributed by atoms with Crippen LogP contribution in [0.1, 0.15) is 0 Å². The Kier molecular flexibility index (Phi) is 2.86. The molecule has 0 aliphatic rings. The van der Waals surface area contributed by atoms with Crippen LogP contribution in [0.5, 0.6) is 0 Å². The number of nitrogen functional groups attached to an aromatic ring is 1. The third-order valence-corrected chi connectivity index (χ3v) is 3.64. The molecule has 1 heterocycles. The van der Waals surface area contributed by atoms with Gasteiger partial charge in [-0.15, -0.1) is 0 Å². The van der Waals surface area contributed by atoms with Crippen molar-refractivity contribution in [2.75, 3.05) is 11.1 Å². The Balaban J connectivity index is 1.84. The van der Waals surface area contributed by atoms with E-state index in [2.05, 4.69) is 33.5 Å². The fourth-order valence-corrected chi connectivity index (χ4v) is 2.57. The quantitative estimate of drug-likeness (QED) is 0.582. The van der Waals surface area contributed by atoms with Crippen LogP contribution in [0.4, 0.5) is 17.3 Å². The molecule has 0 atom stereocenters. The van der Waals surface area contributed by atoms with Crippen molar-refractivity contribution < 1.29 is 0 Å². The van der Waals surface area contributed by atoms with E-state index in [1.54, 1.807) is 0 Å². The zero-order chi connectivity index (χ0) is 14.9. The Hall–Kier alpha value is -3.14. The van der Waals surface area contributed by atoms with Crippen LogP contribution in [0.15, 0.2) is 66.7 Å². The van der Waals surface area contributed by atoms with Crippen molar-refractivity contribution >= 4 is 39.1 Å². The van der Waals surface area contributed by atoms with Gasteiger partial charge in [0.05, 0.1) is 11.0 Å². The van der Waals surface area contributed by atoms with Gasteiger partial charge in [0.15, 0.2) is 11.6 Å². The van der Waals surface area contributed by atoms with Gasteiger partial charge in [0.25, 0.3) is 0 Å². The topological polar surface area (TPSA) is 63.8 Å². The molecule has 3 N–H and O–H groups in total. The predicted octanol–water partition coefficient (Wildman–Crippen LogP) is 4.11. The molecule has 0 saturated carbocycles. The first kappa shape index (κ1) is 12.6. The highest BCUT2D eigenvalue weighted by Crippen LogP contribution is 2.28. The average molecular weight is 286 g/mol. The summed E-state index contributed by atoms with van der Waals surface area (Å²) < 4.78 is 0. The molecule has 0 aliphatic carbocycles. The minimum Gasteiger partial charge on any atom is -0.381 e. The zero-order valence-corrected chi connectivity index (χ0v) is 11.8. The average Bonchev–Trinajstić information content (AvgIpc) is 2.56. The number of rotatable bonds is 2. The monoisotopic (exact) mass is 286 g/mol. The van der Waals surface area contributed by atoms with Crippen LogP contribution >= 0.6 is 0 Å². The maximum absolute atomic E-state index is 6.04. The summed E-state index contributed by atoms with van der Waals surface area (Å²) in [5.74, 6) is 0.974. The number of anilines is 3. The molecule has 0 amide bonds. The number of para-hydroxylation sites is 2. The Bertz CT molecular complexity index is 973. The lowest BCUT2D eigenvalue weighted by Gasteiger charge is -2.11. The molecule has 22 heavy (non-hydrogen) atoms. The van der Waals surface area contributed by atoms with E-state index in [1.165, 1.54) is 5.39 Å². The highest BCUT2D eigenvalue weighted by Gasteiger charge is 2.07. The normalized spacial score (nSPS) is 10.9. The van der Waals surface area contributed by atoms with Gasteiger partial charge in [-0.05, 0) is 23.6 Å². The predicted molar refractivity (Wildman–Crippen MR) is 91.2 cm³/mol. The van der Waals surface area contributed by atoms with Gasteiger partial charge in [0.1, 0.15) is 0 Å². The smallest absolute Gasteiger partial charge is 0.174 e. The molecule has 0 spiro atoms. The summed E-state index contributed by atoms with van der Waals surface area (Å²) in [5, 5.41) is 5.60. The lowest BCUT2D eigenvalue weighted by atomic mass is 10.1. The summed E-state index contributed by atoms with van der Waals surface area (Å²) in [6, 6.07) is 22.0. The van der Waals surface area contributed by atoms with Crippen LogP contribution in [0.25, 0.3) is 21.8 Å². The van der Waals surface area contributed by atoms with E-state index in [0.717, 1.165) is 22.1 Å². The molecule has 0 saturated heterocycles. The Morgan fingerprint density at radius 3 is 2.27 bits per heavy atom. The van der Waals surface area contributed by atoms with Gasteiger partial charge in [-0.3, -0.25) is 0 Å². The molecule has 3 aromatic carbocycles. The first-order valence-corrected chi connectivity index (χ1v) is 7.08. The highest BCUT2D eigenvalue weighted by atomic mass is 15.1. The second-order valence-electron chi connectivity index (χ2n) is 5.10. The number of nitrogens with one attached hydrogen (secondary N) is 1. The van der Waals surface area contributed by atoms with Gasteiger partial charge in [-0.2, -0.15) is 0 Å². The Morgan fingerprint density at radius 1 is 0.727 bits per heavy atom. The number of nitrogens with zero attached hydrogens (tertiary/aromatic N) is 2. The lowest BCUT2D eigenvalue weighted by molar-refractivity contribution is 1.29. The van der Waals surface area contributed by atoms with Crippen molar-refractivity contribution in [3.05, 3.63) is 66.7 Å². The Labute approximate surface area is 127 Å². The van der Waals surface area contributed by atoms with E-state index in [9.17, 15) is 0 Å². The fourth-order valence-electron chi connectivity index (χ4n) is 2.57. The first-order chi connectivity index (χ1) is 10.8. The minimum absolute atomic E-state index is 0.395. The second kappa shape index (κ2) is 5.00. The Morgan fingerprint density at radius 2 is 1.41 bits per heavy atom. The van der Waals surface area contributed by atoms with Gasteiger partial charge in [0, 0.05) is 11.1 Å². The van der Waals surface area contributed by atoms with E-state index in [-0.39, 0.29) is 0 Å². The van der Waals surface area contributed by atoms with Gasteiger partial charge in [-0.25, -0.2) is 9.97 Å². The number of nitrogens with two attached hydrogens (primary N) is 1. The molecule has 4 aromatic rings. The van der Waals surface area contributed by atoms with Crippen LogP contribution in [-0.4, -0.2) is 9.97 Å². The van der Waals surface area contributed by atoms with Crippen molar-refractivity contribution in [1.82, 2.24) is 9.97 Å². The third kappa shape index (κ3) is 2.11. The number of hydrogen-bond donors (Lipinski definition) is 2. The fraction of sp³-hybridized carbons (Fsp3) is 0. The zero-order valence-electron chi connectivity index (χ0n) is 11.8. The molecular formula is C18H14N4. The van der Waals surface area contributed by atoms with Crippen molar-refractivity contribution in [2.24, 2.45) is 0 Å². The van der Waals surface area contributed by atoms with Crippen molar-refractivity contribution in [3.8, 4) is 0 Å². The molecule has 4 rings (SSSR count). The molecule has 0 aliphatic heterocycles. The van der Waals surface area contributed by atoms with Crippen LogP contribution in [0.3, 0.4) is 0 Å². The largest absolute Gasteiger partial charge is 0.381 e. The van der Waals surface area contributed by atoms with E-state index in [4.69, 9.17) is 5.73 Å². The molecule has 4 nitrogen and oxygen atoms in total. The number of hydrogen-bond acceptors (Lipinski definition) is 4. The van der Waals surface area contributed by atoms with Crippen molar-refractivity contribution in [3.63, 3.8) is 0 Å². The second-order valence-corrected chi connectivity index (χ2v) is 5.10. The van der Waals surface area contributed by atoms with E-state index in [1.807, 2.05) is 48.5 Å². The molecule has 4 heteroatoms. The van der Waals surface area contributed by atoms with Crippen LogP contribution < -0.4 is 11.1 Å². The van der Waals surface area contributed by atoms with Crippen LogP contribution in [0.2, 0.25) is 0 Å². The molecule has 0 bridgehead atoms. The maximum atomic E-state index is 6.04. The number of aromatic nitrogens is 2. The van der Waals surface area contributed by atoms with Gasteiger partial charge >= 0.3 is 0 Å². The summed E-state index contributed by atoms with van der Waals surface area (Å²) in [6.07, 6.45) is 0. The molecule has 0 fully saturated rings. The lowest BCUT2D eigenvalue weighted by Crippen LogP contribution is -2.02. The van der Waals surface area contributed by atoms with Crippen LogP contribution in [0, 0.1) is 0 Å². The maximum Gasteiger partial charge on any atom is 0.174 e. The standard InChI is InChI=1S/C18H14N4/c19-17-18(22-16-10-4-3-9-15(16)20-17)21-14-11-5-7-12-6-1-2-8-13(12)14/h1-11H,(H2,19,20)(H,21,22). The van der Waals surface area contributed by atoms with Gasteiger partial charge in [-0.1, -0.05) is 48.5 Å². The van der Waals surface area contributed by atoms with Crippen molar-refractivity contribution in [1.29, 1.82) is 0 Å². The number of fused-ring (bicyclic) bond motifs is 2. The summed E-state index contributed by atoms with van der Waals surface area (Å²) in [7, 11) is 0. The van der Waals surface area contributed by atoms with Crippen LogP contribution in [-0.2, 0) is 0 Å². The molecule has 0 unspecified atom stereocenters. The molecular weight excluding hydrogens is 272 g/mol. The third-order valence-electron chi connectivity index (χ3n) is 3.64. The van der Waals surface area contributed by atoms with Gasteiger partial charge < -0.3 is 11.1 Å². The highest BCUT2D eigenvalue weighted by molar-refractivity contribution is 5.96. The SMILES string of the molecule is Nc1nc2ccccc2nc1Nc1cccc2ccccc12. The van der Waals surface area contributed by atoms with E-state index < -0.39 is 0 Å².